The summed E-state index contributed by atoms with van der Waals surface area (Å²) in [5.74, 6) is 0.829. The third-order valence-corrected chi connectivity index (χ3v) is 13.6. The molecule has 0 saturated carbocycles. The first-order chi connectivity index (χ1) is 27.8. The number of carbonyl (C=O) groups is 4. The Morgan fingerprint density at radius 2 is 1.53 bits per heavy atom. The molecule has 2 unspecified atom stereocenters. The van der Waals surface area contributed by atoms with Crippen LogP contribution in [0.1, 0.15) is 106 Å². The normalized spacial score (nSPS) is 23.6. The maximum Gasteiger partial charge on any atom is 0.407 e. The molecule has 6 atom stereocenters. The van der Waals surface area contributed by atoms with E-state index in [1.54, 1.807) is 16.7 Å². The molecule has 0 radical (unpaired) electrons. The van der Waals surface area contributed by atoms with E-state index < -0.39 is 24.3 Å². The number of imidazole rings is 2. The van der Waals surface area contributed by atoms with E-state index in [-0.39, 0.29) is 46.4 Å². The van der Waals surface area contributed by atoms with Crippen LogP contribution in [0.5, 0.6) is 0 Å². The maximum absolute atomic E-state index is 13.8. The fourth-order valence-electron chi connectivity index (χ4n) is 8.82. The van der Waals surface area contributed by atoms with Crippen molar-refractivity contribution >= 4 is 68.5 Å². The number of ether oxygens (including phenoxy) is 2. The Balaban J connectivity index is 1.02. The second-order valence-electron chi connectivity index (χ2n) is 16.6. The zero-order chi connectivity index (χ0) is 41.0. The van der Waals surface area contributed by atoms with Gasteiger partial charge in [-0.3, -0.25) is 9.59 Å². The average molecular weight is 810 g/mol. The number of nitrogens with one attached hydrogen (secondary N) is 4. The summed E-state index contributed by atoms with van der Waals surface area (Å²) in [6.45, 7) is 11.0. The summed E-state index contributed by atoms with van der Waals surface area (Å²) in [5.41, 5.74) is 4.15. The van der Waals surface area contributed by atoms with Gasteiger partial charge in [0.15, 0.2) is 5.82 Å². The van der Waals surface area contributed by atoms with Gasteiger partial charge in [0.1, 0.15) is 23.4 Å². The van der Waals surface area contributed by atoms with Crippen LogP contribution in [0.4, 0.5) is 9.59 Å². The molecule has 3 aromatic heterocycles. The predicted molar refractivity (Wildman–Crippen MR) is 221 cm³/mol. The number of aromatic nitrogens is 5. The Labute approximate surface area is 341 Å². The molecular formula is C42H51N9O6S. The van der Waals surface area contributed by atoms with Crippen LogP contribution in [-0.4, -0.2) is 98.1 Å². The van der Waals surface area contributed by atoms with Crippen molar-refractivity contribution in [3.8, 4) is 0 Å². The van der Waals surface area contributed by atoms with Crippen LogP contribution >= 0.6 is 11.8 Å². The van der Waals surface area contributed by atoms with Gasteiger partial charge >= 0.3 is 12.2 Å². The van der Waals surface area contributed by atoms with Crippen LogP contribution < -0.4 is 10.6 Å². The molecule has 4 aromatic rings. The van der Waals surface area contributed by atoms with Crippen molar-refractivity contribution in [2.24, 2.45) is 17.3 Å². The molecule has 1 aliphatic carbocycles. The smallest absolute Gasteiger partial charge is 0.407 e. The van der Waals surface area contributed by atoms with Crippen molar-refractivity contribution in [3.05, 3.63) is 65.3 Å². The fourth-order valence-corrected chi connectivity index (χ4v) is 10.3. The van der Waals surface area contributed by atoms with Crippen molar-refractivity contribution < 1.29 is 28.7 Å². The SMILES string of the molecule is COC(=O)N[C@H](C(=O)N1CCC[C@H]1c1nc2ccc3cc(C4=CC5(C)C=Cc6nc([C@@H]7CCCN7C(=O)[C@@H](NC(=O)OC)C(C)C)[nH]c6C5S4)[nH]cc3c2n1)C(C)C. The zero-order valence-electron chi connectivity index (χ0n) is 33.9. The van der Waals surface area contributed by atoms with Crippen LogP contribution in [0.15, 0.2) is 36.5 Å². The number of nitrogens with zero attached hydrogens (tertiary/aromatic N) is 5. The van der Waals surface area contributed by atoms with Crippen LogP contribution in [0, 0.1) is 17.3 Å². The van der Waals surface area contributed by atoms with Crippen molar-refractivity contribution in [1.29, 1.82) is 0 Å². The van der Waals surface area contributed by atoms with Gasteiger partial charge in [-0.2, -0.15) is 0 Å². The number of methoxy groups -OCH3 is 2. The Morgan fingerprint density at radius 1 is 0.897 bits per heavy atom. The second kappa shape index (κ2) is 15.4. The Hall–Kier alpha value is -5.38. The molecule has 4 N–H and O–H groups in total. The quantitative estimate of drug-likeness (QED) is 0.140. The summed E-state index contributed by atoms with van der Waals surface area (Å²) >= 11 is 1.78. The number of rotatable bonds is 9. The number of alkyl carbamates (subject to hydrolysis) is 2. The summed E-state index contributed by atoms with van der Waals surface area (Å²) in [4.78, 5) is 78.6. The molecule has 6 heterocycles. The van der Waals surface area contributed by atoms with Gasteiger partial charge in [0.2, 0.25) is 11.8 Å². The van der Waals surface area contributed by atoms with Gasteiger partial charge in [-0.25, -0.2) is 24.5 Å². The molecule has 16 heteroatoms. The predicted octanol–water partition coefficient (Wildman–Crippen LogP) is 6.78. The highest BCUT2D eigenvalue weighted by Gasteiger charge is 2.45. The summed E-state index contributed by atoms with van der Waals surface area (Å²) in [5, 5.41) is 7.44. The van der Waals surface area contributed by atoms with E-state index in [1.807, 2.05) is 44.9 Å². The molecule has 1 aromatic carbocycles. The van der Waals surface area contributed by atoms with Crippen molar-refractivity contribution in [2.45, 2.75) is 89.7 Å². The Kier molecular flexibility index (Phi) is 10.5. The van der Waals surface area contributed by atoms with E-state index in [1.165, 1.54) is 14.2 Å². The lowest BCUT2D eigenvalue weighted by Crippen LogP contribution is -2.51. The molecule has 4 amide bonds. The number of allylic oxidation sites excluding steroid dienone is 2. The van der Waals surface area contributed by atoms with Crippen LogP contribution in [-0.2, 0) is 19.1 Å². The maximum atomic E-state index is 13.8. The summed E-state index contributed by atoms with van der Waals surface area (Å²) in [7, 11) is 2.59. The molecule has 3 aliphatic heterocycles. The van der Waals surface area contributed by atoms with Gasteiger partial charge in [0.25, 0.3) is 0 Å². The topological polar surface area (TPSA) is 188 Å². The summed E-state index contributed by atoms with van der Waals surface area (Å²) in [6, 6.07) is 4.27. The molecule has 15 nitrogen and oxygen atoms in total. The highest BCUT2D eigenvalue weighted by molar-refractivity contribution is 8.08. The highest BCUT2D eigenvalue weighted by atomic mass is 32.2. The van der Waals surface area contributed by atoms with Gasteiger partial charge in [-0.05, 0) is 61.1 Å². The molecule has 2 saturated heterocycles. The monoisotopic (exact) mass is 809 g/mol. The molecule has 4 aliphatic rings. The van der Waals surface area contributed by atoms with Gasteiger partial charge in [0.05, 0.1) is 54.2 Å². The van der Waals surface area contributed by atoms with Gasteiger partial charge in [-0.15, -0.1) is 11.8 Å². The van der Waals surface area contributed by atoms with Crippen LogP contribution in [0.2, 0.25) is 0 Å². The standard InChI is InChI=1S/C42H51N9O6S/c1-21(2)31(48-40(54)56-6)38(52)50-16-8-10-28(50)36-44-25-13-12-23-18-27(43-20-24(23)33(25)46-36)30-19-42(5)15-14-26-34(35(42)58-30)47-37(45-26)29-11-9-17-51(29)39(53)32(22(3)4)49-41(55)57-7/h12-15,18-22,28-29,31-32,35,43H,8-11,16-17H2,1-7H3,(H,45,47)(H,48,54)(H,49,55)/t28-,29-,31-,32-,35?,42?/m0/s1. The van der Waals surface area contributed by atoms with E-state index in [4.69, 9.17) is 24.4 Å². The van der Waals surface area contributed by atoms with Gasteiger partial charge in [0, 0.05) is 35.0 Å². The van der Waals surface area contributed by atoms with E-state index in [2.05, 4.69) is 57.9 Å². The molecular weight excluding hydrogens is 759 g/mol. The van der Waals surface area contributed by atoms with E-state index >= 15 is 0 Å². The molecule has 58 heavy (non-hydrogen) atoms. The molecule has 8 rings (SSSR count). The number of hydrogen-bond acceptors (Lipinski definition) is 10. The van der Waals surface area contributed by atoms with E-state index in [0.29, 0.717) is 18.9 Å². The van der Waals surface area contributed by atoms with Gasteiger partial charge in [-0.1, -0.05) is 52.8 Å². The average Bonchev–Trinajstić information content (AvgIpc) is 4.05. The minimum Gasteiger partial charge on any atom is -0.453 e. The minimum atomic E-state index is -0.716. The largest absolute Gasteiger partial charge is 0.453 e. The third kappa shape index (κ3) is 6.98. The number of likely N-dealkylation sites (tertiary alicyclic amines) is 2. The highest BCUT2D eigenvalue weighted by Crippen LogP contribution is 2.60. The van der Waals surface area contributed by atoms with Crippen molar-refractivity contribution in [2.75, 3.05) is 27.3 Å². The fraction of sp³-hybridized carbons (Fsp3) is 0.500. The number of fused-ring (bicyclic) bond motifs is 6. The first-order valence-corrected chi connectivity index (χ1v) is 21.0. The number of carbonyl (C=O) groups excluding carboxylic acids is 4. The lowest BCUT2D eigenvalue weighted by Gasteiger charge is -2.30. The first-order valence-electron chi connectivity index (χ1n) is 20.1. The van der Waals surface area contributed by atoms with Crippen molar-refractivity contribution in [3.63, 3.8) is 0 Å². The van der Waals surface area contributed by atoms with Crippen molar-refractivity contribution in [1.82, 2.24) is 45.4 Å². The molecule has 2 fully saturated rings. The number of hydrogen-bond donors (Lipinski definition) is 4. The molecule has 0 bridgehead atoms. The first kappa shape index (κ1) is 39.4. The second-order valence-corrected chi connectivity index (χ2v) is 17.7. The van der Waals surface area contributed by atoms with E-state index in [0.717, 1.165) is 75.3 Å². The lowest BCUT2D eigenvalue weighted by atomic mass is 9.80. The number of H-pyrrole nitrogens is 2. The lowest BCUT2D eigenvalue weighted by molar-refractivity contribution is -0.136. The number of benzene rings is 1. The zero-order valence-corrected chi connectivity index (χ0v) is 34.7. The Bertz CT molecular complexity index is 2350. The minimum absolute atomic E-state index is 0.0453. The van der Waals surface area contributed by atoms with Gasteiger partial charge < -0.3 is 39.9 Å². The summed E-state index contributed by atoms with van der Waals surface area (Å²) in [6.07, 6.45) is 10.5. The number of thioether (sulfide) groups is 1. The number of pyridine rings is 1. The third-order valence-electron chi connectivity index (χ3n) is 12.0. The van der Waals surface area contributed by atoms with E-state index in [9.17, 15) is 19.2 Å². The number of amides is 4. The van der Waals surface area contributed by atoms with Crippen LogP contribution in [0.25, 0.3) is 32.8 Å². The van der Waals surface area contributed by atoms with Crippen LogP contribution in [0.3, 0.4) is 0 Å². The summed E-state index contributed by atoms with van der Waals surface area (Å²) < 4.78 is 9.59. The number of aromatic amines is 2. The molecule has 0 spiro atoms. The Morgan fingerprint density at radius 3 is 2.17 bits per heavy atom. The molecule has 306 valence electrons.